The van der Waals surface area contributed by atoms with Crippen molar-refractivity contribution in [1.29, 1.82) is 5.26 Å². The van der Waals surface area contributed by atoms with E-state index in [1.165, 1.54) is 30.6 Å². The van der Waals surface area contributed by atoms with Gasteiger partial charge in [-0.2, -0.15) is 5.26 Å². The van der Waals surface area contributed by atoms with Crippen LogP contribution in [0.1, 0.15) is 15.9 Å². The van der Waals surface area contributed by atoms with Crippen LogP contribution in [0.3, 0.4) is 0 Å². The van der Waals surface area contributed by atoms with Gasteiger partial charge >= 0.3 is 5.97 Å². The molecule has 0 aliphatic heterocycles. The summed E-state index contributed by atoms with van der Waals surface area (Å²) in [6, 6.07) is 6.91. The molecule has 1 aromatic heterocycles. The minimum Gasteiger partial charge on any atom is -0.478 e. The molecule has 0 fully saturated rings. The van der Waals surface area contributed by atoms with Gasteiger partial charge in [-0.25, -0.2) is 9.18 Å². The number of pyridine rings is 1. The number of halogens is 1. The normalized spacial score (nSPS) is 9.78. The zero-order chi connectivity index (χ0) is 13.1. The van der Waals surface area contributed by atoms with E-state index in [0.717, 1.165) is 6.07 Å². The monoisotopic (exact) mass is 242 g/mol. The number of hydrogen-bond donors (Lipinski definition) is 1. The molecule has 4 nitrogen and oxygen atoms in total. The zero-order valence-corrected chi connectivity index (χ0v) is 9.09. The topological polar surface area (TPSA) is 74.0 Å². The number of benzene rings is 1. The third kappa shape index (κ3) is 2.33. The lowest BCUT2D eigenvalue weighted by atomic mass is 10.0. The molecule has 0 atom stereocenters. The summed E-state index contributed by atoms with van der Waals surface area (Å²) < 4.78 is 13.3. The zero-order valence-electron chi connectivity index (χ0n) is 9.09. The highest BCUT2D eigenvalue weighted by Crippen LogP contribution is 2.22. The minimum absolute atomic E-state index is 0.146. The van der Waals surface area contributed by atoms with Crippen LogP contribution in [0.2, 0.25) is 0 Å². The van der Waals surface area contributed by atoms with Crippen LogP contribution in [0.15, 0.2) is 36.7 Å². The van der Waals surface area contributed by atoms with E-state index in [-0.39, 0.29) is 5.56 Å². The van der Waals surface area contributed by atoms with E-state index in [1.54, 1.807) is 0 Å². The molecule has 1 aromatic carbocycles. The first kappa shape index (κ1) is 11.7. The molecule has 2 aromatic rings. The van der Waals surface area contributed by atoms with E-state index in [0.29, 0.717) is 16.7 Å². The minimum atomic E-state index is -1.21. The fraction of sp³-hybridized carbons (Fsp3) is 0. The Balaban J connectivity index is 2.57. The Morgan fingerprint density at radius 1 is 1.22 bits per heavy atom. The lowest BCUT2D eigenvalue weighted by Gasteiger charge is -2.03. The summed E-state index contributed by atoms with van der Waals surface area (Å²) in [5, 5.41) is 17.6. The van der Waals surface area contributed by atoms with Gasteiger partial charge in [0, 0.05) is 18.0 Å². The summed E-state index contributed by atoms with van der Waals surface area (Å²) in [6.45, 7) is 0. The second kappa shape index (κ2) is 4.63. The number of nitrogens with zero attached hydrogens (tertiary/aromatic N) is 2. The van der Waals surface area contributed by atoms with Gasteiger partial charge in [0.2, 0.25) is 0 Å². The average molecular weight is 242 g/mol. The van der Waals surface area contributed by atoms with Crippen LogP contribution >= 0.6 is 0 Å². The van der Waals surface area contributed by atoms with E-state index < -0.39 is 11.8 Å². The number of nitriles is 1. The maximum Gasteiger partial charge on any atom is 0.335 e. The van der Waals surface area contributed by atoms with Crippen molar-refractivity contribution in [1.82, 2.24) is 4.98 Å². The Morgan fingerprint density at radius 2 is 2.00 bits per heavy atom. The van der Waals surface area contributed by atoms with Crippen molar-refractivity contribution in [2.75, 3.05) is 0 Å². The van der Waals surface area contributed by atoms with E-state index in [2.05, 4.69) is 4.98 Å². The smallest absolute Gasteiger partial charge is 0.335 e. The molecule has 0 saturated carbocycles. The van der Waals surface area contributed by atoms with E-state index >= 15 is 0 Å². The number of carbonyl (C=O) groups is 1. The highest BCUT2D eigenvalue weighted by molar-refractivity contribution is 5.89. The maximum absolute atomic E-state index is 13.3. The molecule has 0 saturated heterocycles. The molecule has 0 radical (unpaired) electrons. The van der Waals surface area contributed by atoms with Gasteiger partial charge < -0.3 is 5.11 Å². The van der Waals surface area contributed by atoms with Crippen LogP contribution < -0.4 is 0 Å². The predicted molar refractivity (Wildman–Crippen MR) is 61.3 cm³/mol. The molecule has 1 N–H and O–H groups in total. The third-order valence-corrected chi connectivity index (χ3v) is 2.35. The first-order chi connectivity index (χ1) is 8.60. The SMILES string of the molecule is N#Cc1cncc(-c2cc(F)cc(C(=O)O)c2)c1. The highest BCUT2D eigenvalue weighted by atomic mass is 19.1. The van der Waals surface area contributed by atoms with Gasteiger partial charge in [0.15, 0.2) is 0 Å². The van der Waals surface area contributed by atoms with Gasteiger partial charge in [0.25, 0.3) is 0 Å². The fourth-order valence-corrected chi connectivity index (χ4v) is 1.54. The number of aromatic nitrogens is 1. The van der Waals surface area contributed by atoms with Gasteiger partial charge in [-0.05, 0) is 29.8 Å². The molecule has 1 heterocycles. The Labute approximate surface area is 102 Å². The number of rotatable bonds is 2. The average Bonchev–Trinajstić information content (AvgIpc) is 2.38. The summed E-state index contributed by atoms with van der Waals surface area (Å²) in [6.07, 6.45) is 2.82. The van der Waals surface area contributed by atoms with Gasteiger partial charge in [0.05, 0.1) is 11.1 Å². The standard InChI is InChI=1S/C13H7FN2O2/c14-12-3-9(2-10(4-12)13(17)18)11-1-8(5-15)6-16-7-11/h1-4,6-7H,(H,17,18). The molecule has 2 rings (SSSR count). The van der Waals surface area contributed by atoms with Gasteiger partial charge in [0.1, 0.15) is 11.9 Å². The largest absolute Gasteiger partial charge is 0.478 e. The molecule has 0 bridgehead atoms. The highest BCUT2D eigenvalue weighted by Gasteiger charge is 2.09. The number of hydrogen-bond acceptors (Lipinski definition) is 3. The van der Waals surface area contributed by atoms with Crippen LogP contribution in [0, 0.1) is 17.1 Å². The Hall–Kier alpha value is -2.74. The van der Waals surface area contributed by atoms with Crippen LogP contribution in [0.5, 0.6) is 0 Å². The second-order valence-electron chi connectivity index (χ2n) is 3.61. The van der Waals surface area contributed by atoms with Gasteiger partial charge in [-0.3, -0.25) is 4.98 Å². The quantitative estimate of drug-likeness (QED) is 0.877. The van der Waals surface area contributed by atoms with Crippen LogP contribution in [0.25, 0.3) is 11.1 Å². The maximum atomic E-state index is 13.3. The van der Waals surface area contributed by atoms with E-state index in [1.807, 2.05) is 6.07 Å². The molecule has 0 spiro atoms. The van der Waals surface area contributed by atoms with Crippen molar-refractivity contribution in [2.45, 2.75) is 0 Å². The van der Waals surface area contributed by atoms with Crippen LogP contribution in [-0.4, -0.2) is 16.1 Å². The molecule has 0 aliphatic carbocycles. The first-order valence-corrected chi connectivity index (χ1v) is 4.99. The number of aromatic carboxylic acids is 1. The predicted octanol–water partition coefficient (Wildman–Crippen LogP) is 2.46. The molecule has 18 heavy (non-hydrogen) atoms. The van der Waals surface area contributed by atoms with Crippen molar-refractivity contribution < 1.29 is 14.3 Å². The Kier molecular flexibility index (Phi) is 3.02. The molecule has 0 aliphatic rings. The number of carboxylic acids is 1. The third-order valence-electron chi connectivity index (χ3n) is 2.35. The van der Waals surface area contributed by atoms with Gasteiger partial charge in [-0.15, -0.1) is 0 Å². The second-order valence-corrected chi connectivity index (χ2v) is 3.61. The summed E-state index contributed by atoms with van der Waals surface area (Å²) in [7, 11) is 0. The summed E-state index contributed by atoms with van der Waals surface area (Å²) in [4.78, 5) is 14.7. The lowest BCUT2D eigenvalue weighted by molar-refractivity contribution is 0.0696. The Bertz CT molecular complexity index is 662. The van der Waals surface area contributed by atoms with Gasteiger partial charge in [-0.1, -0.05) is 0 Å². The fourth-order valence-electron chi connectivity index (χ4n) is 1.54. The first-order valence-electron chi connectivity index (χ1n) is 4.99. The van der Waals surface area contributed by atoms with Crippen molar-refractivity contribution in [2.24, 2.45) is 0 Å². The molecule has 0 unspecified atom stereocenters. The summed E-state index contributed by atoms with van der Waals surface area (Å²) in [5.41, 5.74) is 1.05. The van der Waals surface area contributed by atoms with E-state index in [4.69, 9.17) is 10.4 Å². The van der Waals surface area contributed by atoms with Crippen molar-refractivity contribution in [3.8, 4) is 17.2 Å². The summed E-state index contributed by atoms with van der Waals surface area (Å²) >= 11 is 0. The van der Waals surface area contributed by atoms with Crippen molar-refractivity contribution >= 4 is 5.97 Å². The van der Waals surface area contributed by atoms with Crippen LogP contribution in [0.4, 0.5) is 4.39 Å². The number of carboxylic acid groups (broad SMARTS) is 1. The molecule has 0 amide bonds. The Morgan fingerprint density at radius 3 is 2.67 bits per heavy atom. The van der Waals surface area contributed by atoms with Crippen LogP contribution in [-0.2, 0) is 0 Å². The molecule has 88 valence electrons. The van der Waals surface area contributed by atoms with E-state index in [9.17, 15) is 9.18 Å². The molecular formula is C13H7FN2O2. The summed E-state index contributed by atoms with van der Waals surface area (Å²) in [5.74, 6) is -1.85. The van der Waals surface area contributed by atoms with Crippen molar-refractivity contribution in [3.63, 3.8) is 0 Å². The lowest BCUT2D eigenvalue weighted by Crippen LogP contribution is -1.97. The van der Waals surface area contributed by atoms with Crippen molar-refractivity contribution in [3.05, 3.63) is 53.6 Å². The molecule has 5 heteroatoms. The molecular weight excluding hydrogens is 235 g/mol.